The molecule has 1 unspecified atom stereocenters. The molecule has 3 amide bonds. The van der Waals surface area contributed by atoms with E-state index in [0.717, 1.165) is 16.9 Å². The summed E-state index contributed by atoms with van der Waals surface area (Å²) in [7, 11) is 0. The van der Waals surface area contributed by atoms with Crippen LogP contribution in [0.5, 0.6) is 0 Å². The average molecular weight is 363 g/mol. The highest BCUT2D eigenvalue weighted by Crippen LogP contribution is 2.32. The fourth-order valence-electron chi connectivity index (χ4n) is 3.79. The van der Waals surface area contributed by atoms with Crippen molar-refractivity contribution in [2.75, 3.05) is 28.2 Å². The first-order valence-electron chi connectivity index (χ1n) is 9.16. The fraction of sp³-hybridized carbons (Fsp3) is 0.286. The predicted octanol–water partition coefficient (Wildman–Crippen LogP) is 2.59. The van der Waals surface area contributed by atoms with Gasteiger partial charge in [-0.05, 0) is 42.8 Å². The zero-order valence-corrected chi connectivity index (χ0v) is 15.1. The molecule has 2 aliphatic rings. The molecule has 27 heavy (non-hydrogen) atoms. The third-order valence-electron chi connectivity index (χ3n) is 5.16. The van der Waals surface area contributed by atoms with Crippen LogP contribution in [0, 0.1) is 5.92 Å². The van der Waals surface area contributed by atoms with Crippen molar-refractivity contribution in [3.63, 3.8) is 0 Å². The summed E-state index contributed by atoms with van der Waals surface area (Å²) in [6.45, 7) is 2.96. The molecule has 0 aromatic heterocycles. The number of likely N-dealkylation sites (N-methyl/N-ethyl adjacent to an activating group) is 1. The highest BCUT2D eigenvalue weighted by Gasteiger charge is 2.35. The number of rotatable bonds is 4. The summed E-state index contributed by atoms with van der Waals surface area (Å²) in [5.41, 5.74) is 3.31. The second kappa shape index (κ2) is 6.87. The molecule has 0 radical (unpaired) electrons. The Morgan fingerprint density at radius 2 is 1.89 bits per heavy atom. The van der Waals surface area contributed by atoms with E-state index in [2.05, 4.69) is 5.32 Å². The van der Waals surface area contributed by atoms with Crippen LogP contribution in [0.1, 0.15) is 18.9 Å². The maximum Gasteiger partial charge on any atom is 0.231 e. The van der Waals surface area contributed by atoms with Gasteiger partial charge < -0.3 is 15.1 Å². The van der Waals surface area contributed by atoms with Gasteiger partial charge in [0.1, 0.15) is 0 Å². The molecule has 1 fully saturated rings. The van der Waals surface area contributed by atoms with E-state index in [9.17, 15) is 14.4 Å². The number of carbonyl (C=O) groups excluding carboxylic acids is 3. The molecule has 6 nitrogen and oxygen atoms in total. The molecule has 2 aromatic rings. The van der Waals surface area contributed by atoms with Gasteiger partial charge in [-0.3, -0.25) is 14.4 Å². The van der Waals surface area contributed by atoms with Gasteiger partial charge in [0, 0.05) is 36.6 Å². The zero-order chi connectivity index (χ0) is 19.0. The van der Waals surface area contributed by atoms with Crippen molar-refractivity contribution < 1.29 is 14.4 Å². The first-order valence-corrected chi connectivity index (χ1v) is 9.16. The first kappa shape index (κ1) is 17.3. The van der Waals surface area contributed by atoms with Gasteiger partial charge in [0.2, 0.25) is 17.7 Å². The molecule has 0 aliphatic carbocycles. The SMILES string of the molecule is CCN1C(=O)Cc2cc(NC(=O)C3CC(=O)N(c4ccccc4)C3)ccc21. The first-order chi connectivity index (χ1) is 13.1. The third kappa shape index (κ3) is 3.18. The summed E-state index contributed by atoms with van der Waals surface area (Å²) < 4.78 is 0. The van der Waals surface area contributed by atoms with Gasteiger partial charge in [-0.25, -0.2) is 0 Å². The largest absolute Gasteiger partial charge is 0.326 e. The van der Waals surface area contributed by atoms with Gasteiger partial charge >= 0.3 is 0 Å². The predicted molar refractivity (Wildman–Crippen MR) is 104 cm³/mol. The van der Waals surface area contributed by atoms with Crippen molar-refractivity contribution in [2.45, 2.75) is 19.8 Å². The van der Waals surface area contributed by atoms with Crippen LogP contribution in [0.4, 0.5) is 17.1 Å². The van der Waals surface area contributed by atoms with Gasteiger partial charge in [-0.2, -0.15) is 0 Å². The molecule has 6 heteroatoms. The molecule has 2 heterocycles. The standard InChI is InChI=1S/C21H21N3O3/c1-2-23-18-9-8-16(10-14(18)11-19(23)25)22-21(27)15-12-20(26)24(13-15)17-6-4-3-5-7-17/h3-10,15H,2,11-13H2,1H3,(H,22,27). The molecule has 2 aromatic carbocycles. The molecule has 4 rings (SSSR count). The quantitative estimate of drug-likeness (QED) is 0.908. The molecular formula is C21H21N3O3. The van der Waals surface area contributed by atoms with Crippen LogP contribution in [0.25, 0.3) is 0 Å². The van der Waals surface area contributed by atoms with Gasteiger partial charge in [0.25, 0.3) is 0 Å². The van der Waals surface area contributed by atoms with E-state index in [1.807, 2.05) is 55.5 Å². The van der Waals surface area contributed by atoms with Crippen LogP contribution in [0.15, 0.2) is 48.5 Å². The van der Waals surface area contributed by atoms with Crippen molar-refractivity contribution in [3.8, 4) is 0 Å². The molecular weight excluding hydrogens is 342 g/mol. The van der Waals surface area contributed by atoms with E-state index in [1.165, 1.54) is 0 Å². The molecule has 138 valence electrons. The van der Waals surface area contributed by atoms with Crippen LogP contribution in [0.2, 0.25) is 0 Å². The van der Waals surface area contributed by atoms with E-state index < -0.39 is 0 Å². The maximum absolute atomic E-state index is 12.7. The van der Waals surface area contributed by atoms with Crippen LogP contribution < -0.4 is 15.1 Å². The number of para-hydroxylation sites is 1. The topological polar surface area (TPSA) is 69.7 Å². The lowest BCUT2D eigenvalue weighted by Crippen LogP contribution is -2.28. The summed E-state index contributed by atoms with van der Waals surface area (Å²) in [4.78, 5) is 40.4. The highest BCUT2D eigenvalue weighted by atomic mass is 16.2. The number of benzene rings is 2. The molecule has 1 atom stereocenters. The van der Waals surface area contributed by atoms with E-state index in [-0.39, 0.29) is 30.1 Å². The number of amides is 3. The molecule has 2 aliphatic heterocycles. The van der Waals surface area contributed by atoms with Crippen molar-refractivity contribution >= 4 is 34.8 Å². The Morgan fingerprint density at radius 1 is 1.11 bits per heavy atom. The molecule has 0 bridgehead atoms. The van der Waals surface area contributed by atoms with Crippen molar-refractivity contribution in [2.24, 2.45) is 5.92 Å². The molecule has 0 spiro atoms. The number of nitrogens with one attached hydrogen (secondary N) is 1. The Hall–Kier alpha value is -3.15. The van der Waals surface area contributed by atoms with Crippen LogP contribution in [-0.4, -0.2) is 30.8 Å². The maximum atomic E-state index is 12.7. The number of nitrogens with zero attached hydrogens (tertiary/aromatic N) is 2. The van der Waals surface area contributed by atoms with Gasteiger partial charge in [0.05, 0.1) is 12.3 Å². The fourth-order valence-corrected chi connectivity index (χ4v) is 3.79. The minimum Gasteiger partial charge on any atom is -0.326 e. The summed E-state index contributed by atoms with van der Waals surface area (Å²) >= 11 is 0. The summed E-state index contributed by atoms with van der Waals surface area (Å²) in [6.07, 6.45) is 0.560. The smallest absolute Gasteiger partial charge is 0.231 e. The molecule has 1 N–H and O–H groups in total. The van der Waals surface area contributed by atoms with E-state index >= 15 is 0 Å². The molecule has 0 saturated carbocycles. The lowest BCUT2D eigenvalue weighted by Gasteiger charge is -2.17. The van der Waals surface area contributed by atoms with Crippen LogP contribution in [-0.2, 0) is 20.8 Å². The highest BCUT2D eigenvalue weighted by molar-refractivity contribution is 6.05. The number of hydrogen-bond donors (Lipinski definition) is 1. The van der Waals surface area contributed by atoms with Crippen LogP contribution in [0.3, 0.4) is 0 Å². The van der Waals surface area contributed by atoms with Crippen molar-refractivity contribution in [3.05, 3.63) is 54.1 Å². The Morgan fingerprint density at radius 3 is 2.63 bits per heavy atom. The number of hydrogen-bond acceptors (Lipinski definition) is 3. The lowest BCUT2D eigenvalue weighted by molar-refractivity contribution is -0.122. The second-order valence-corrected chi connectivity index (χ2v) is 6.89. The Kier molecular flexibility index (Phi) is 4.39. The number of fused-ring (bicyclic) bond motifs is 1. The van der Waals surface area contributed by atoms with E-state index in [0.29, 0.717) is 25.2 Å². The van der Waals surface area contributed by atoms with Crippen LogP contribution >= 0.6 is 0 Å². The Labute approximate surface area is 157 Å². The number of carbonyl (C=O) groups is 3. The van der Waals surface area contributed by atoms with Gasteiger partial charge in [-0.15, -0.1) is 0 Å². The van der Waals surface area contributed by atoms with Crippen molar-refractivity contribution in [1.82, 2.24) is 0 Å². The summed E-state index contributed by atoms with van der Waals surface area (Å²) in [5.74, 6) is -0.520. The average Bonchev–Trinajstić information content (AvgIpc) is 3.21. The van der Waals surface area contributed by atoms with Crippen molar-refractivity contribution in [1.29, 1.82) is 0 Å². The Balaban J connectivity index is 1.45. The molecule has 1 saturated heterocycles. The summed E-state index contributed by atoms with van der Waals surface area (Å²) in [6, 6.07) is 14.9. The van der Waals surface area contributed by atoms with Gasteiger partial charge in [-0.1, -0.05) is 18.2 Å². The van der Waals surface area contributed by atoms with Gasteiger partial charge in [0.15, 0.2) is 0 Å². The minimum absolute atomic E-state index is 0.0421. The van der Waals surface area contributed by atoms with E-state index in [1.54, 1.807) is 9.80 Å². The number of anilines is 3. The zero-order valence-electron chi connectivity index (χ0n) is 15.1. The Bertz CT molecular complexity index is 910. The minimum atomic E-state index is -0.389. The van der Waals surface area contributed by atoms with E-state index in [4.69, 9.17) is 0 Å². The third-order valence-corrected chi connectivity index (χ3v) is 5.16. The second-order valence-electron chi connectivity index (χ2n) is 6.89. The summed E-state index contributed by atoms with van der Waals surface area (Å²) in [5, 5.41) is 2.91. The lowest BCUT2D eigenvalue weighted by atomic mass is 10.1. The monoisotopic (exact) mass is 363 g/mol. The normalized spacial score (nSPS) is 18.8.